The summed E-state index contributed by atoms with van der Waals surface area (Å²) in [7, 11) is 0. The largest absolute Gasteiger partial charge is 0.489 e. The van der Waals surface area contributed by atoms with Crippen molar-refractivity contribution in [2.75, 3.05) is 6.54 Å². The van der Waals surface area contributed by atoms with Crippen molar-refractivity contribution in [3.8, 4) is 5.75 Å². The number of benzene rings is 2. The summed E-state index contributed by atoms with van der Waals surface area (Å²) in [5.41, 5.74) is 3.67. The minimum absolute atomic E-state index is 0.603. The Kier molecular flexibility index (Phi) is 8.34. The van der Waals surface area contributed by atoms with Crippen molar-refractivity contribution in [1.29, 1.82) is 0 Å². The molecule has 0 aliphatic heterocycles. The third-order valence-electron chi connectivity index (χ3n) is 4.06. The number of hydrogen-bond donors (Lipinski definition) is 1. The third kappa shape index (κ3) is 6.66. The number of unbranched alkanes of at least 4 members (excludes halogenated alkanes) is 3. The van der Waals surface area contributed by atoms with Crippen LogP contribution < -0.4 is 10.1 Å². The van der Waals surface area contributed by atoms with E-state index in [0.717, 1.165) is 23.3 Å². The number of ether oxygens (including phenoxy) is 1. The first-order chi connectivity index (χ1) is 11.7. The predicted octanol–water partition coefficient (Wildman–Crippen LogP) is 6.01. The Morgan fingerprint density at radius 1 is 1.00 bits per heavy atom. The first kappa shape index (κ1) is 19.0. The highest BCUT2D eigenvalue weighted by Gasteiger charge is 2.05. The van der Waals surface area contributed by atoms with Crippen LogP contribution in [0.4, 0.5) is 0 Å². The van der Waals surface area contributed by atoms with Crippen LogP contribution in [0, 0.1) is 6.92 Å². The molecule has 0 atom stereocenters. The van der Waals surface area contributed by atoms with E-state index in [1.54, 1.807) is 0 Å². The molecule has 0 aromatic heterocycles. The van der Waals surface area contributed by atoms with Crippen LogP contribution in [-0.4, -0.2) is 6.54 Å². The second-order valence-electron chi connectivity index (χ2n) is 6.26. The molecular weight excluding hydrogens is 362 g/mol. The Bertz CT molecular complexity index is 610. The molecule has 0 saturated heterocycles. The van der Waals surface area contributed by atoms with Gasteiger partial charge in [-0.1, -0.05) is 71.9 Å². The maximum absolute atomic E-state index is 6.05. The Balaban J connectivity index is 1.88. The summed E-state index contributed by atoms with van der Waals surface area (Å²) in [4.78, 5) is 0. The van der Waals surface area contributed by atoms with Crippen LogP contribution in [0.15, 0.2) is 46.9 Å². The molecule has 24 heavy (non-hydrogen) atoms. The molecule has 0 radical (unpaired) electrons. The molecule has 2 nitrogen and oxygen atoms in total. The fourth-order valence-corrected chi connectivity index (χ4v) is 2.98. The SMILES string of the molecule is CCCCCCNCc1cc(Br)ccc1OCc1ccc(C)cc1. The maximum Gasteiger partial charge on any atom is 0.124 e. The minimum atomic E-state index is 0.603. The number of aryl methyl sites for hydroxylation is 1. The van der Waals surface area contributed by atoms with Crippen molar-refractivity contribution in [2.45, 2.75) is 52.7 Å². The van der Waals surface area contributed by atoms with Gasteiger partial charge < -0.3 is 10.1 Å². The van der Waals surface area contributed by atoms with Gasteiger partial charge in [0, 0.05) is 16.6 Å². The lowest BCUT2D eigenvalue weighted by molar-refractivity contribution is 0.302. The van der Waals surface area contributed by atoms with Crippen LogP contribution in [-0.2, 0) is 13.2 Å². The number of nitrogens with one attached hydrogen (secondary N) is 1. The smallest absolute Gasteiger partial charge is 0.124 e. The van der Waals surface area contributed by atoms with Gasteiger partial charge in [-0.2, -0.15) is 0 Å². The van der Waals surface area contributed by atoms with E-state index in [4.69, 9.17) is 4.74 Å². The highest BCUT2D eigenvalue weighted by Crippen LogP contribution is 2.24. The topological polar surface area (TPSA) is 21.3 Å². The summed E-state index contributed by atoms with van der Waals surface area (Å²) in [6.45, 7) is 6.85. The van der Waals surface area contributed by atoms with E-state index in [1.807, 2.05) is 12.1 Å². The third-order valence-corrected chi connectivity index (χ3v) is 4.55. The van der Waals surface area contributed by atoms with E-state index in [1.165, 1.54) is 42.4 Å². The van der Waals surface area contributed by atoms with Crippen molar-refractivity contribution in [3.63, 3.8) is 0 Å². The normalized spacial score (nSPS) is 10.8. The summed E-state index contributed by atoms with van der Waals surface area (Å²) in [6, 6.07) is 14.7. The molecule has 2 aromatic carbocycles. The monoisotopic (exact) mass is 389 g/mol. The number of hydrogen-bond acceptors (Lipinski definition) is 2. The molecule has 3 heteroatoms. The van der Waals surface area contributed by atoms with Crippen molar-refractivity contribution in [1.82, 2.24) is 5.32 Å². The average molecular weight is 390 g/mol. The quantitative estimate of drug-likeness (QED) is 0.502. The summed E-state index contributed by atoms with van der Waals surface area (Å²) in [5, 5.41) is 3.53. The zero-order valence-corrected chi connectivity index (χ0v) is 16.4. The van der Waals surface area contributed by atoms with Gasteiger partial charge in [-0.05, 0) is 43.7 Å². The standard InChI is InChI=1S/C21H28BrNO/c1-3-4-5-6-13-23-15-19-14-20(22)11-12-21(19)24-16-18-9-7-17(2)8-10-18/h7-12,14,23H,3-6,13,15-16H2,1-2H3. The van der Waals surface area contributed by atoms with Crippen LogP contribution in [0.1, 0.15) is 49.3 Å². The van der Waals surface area contributed by atoms with E-state index in [-0.39, 0.29) is 0 Å². The molecular formula is C21H28BrNO. The highest BCUT2D eigenvalue weighted by atomic mass is 79.9. The molecule has 2 rings (SSSR count). The van der Waals surface area contributed by atoms with Gasteiger partial charge in [0.25, 0.3) is 0 Å². The van der Waals surface area contributed by atoms with Gasteiger partial charge >= 0.3 is 0 Å². The van der Waals surface area contributed by atoms with E-state index < -0.39 is 0 Å². The zero-order valence-electron chi connectivity index (χ0n) is 14.8. The molecule has 0 amide bonds. The van der Waals surface area contributed by atoms with Gasteiger partial charge in [0.1, 0.15) is 12.4 Å². The summed E-state index contributed by atoms with van der Waals surface area (Å²) in [6.07, 6.45) is 5.15. The number of rotatable bonds is 10. The van der Waals surface area contributed by atoms with Crippen molar-refractivity contribution < 1.29 is 4.74 Å². The average Bonchev–Trinajstić information content (AvgIpc) is 2.58. The Labute approximate surface area is 154 Å². The molecule has 0 aliphatic carbocycles. The second kappa shape index (κ2) is 10.5. The van der Waals surface area contributed by atoms with Crippen molar-refractivity contribution in [3.05, 3.63) is 63.6 Å². The summed E-state index contributed by atoms with van der Waals surface area (Å²) < 4.78 is 7.14. The fourth-order valence-electron chi connectivity index (χ4n) is 2.57. The molecule has 2 aromatic rings. The number of halogens is 1. The molecule has 0 spiro atoms. The molecule has 0 bridgehead atoms. The van der Waals surface area contributed by atoms with Crippen molar-refractivity contribution >= 4 is 15.9 Å². The van der Waals surface area contributed by atoms with Crippen LogP contribution in [0.2, 0.25) is 0 Å². The van der Waals surface area contributed by atoms with E-state index >= 15 is 0 Å². The molecule has 0 saturated carbocycles. The van der Waals surface area contributed by atoms with E-state index in [2.05, 4.69) is 65.4 Å². The lowest BCUT2D eigenvalue weighted by Gasteiger charge is -2.13. The lowest BCUT2D eigenvalue weighted by Crippen LogP contribution is -2.15. The Morgan fingerprint density at radius 2 is 1.79 bits per heavy atom. The van der Waals surface area contributed by atoms with Gasteiger partial charge in [-0.3, -0.25) is 0 Å². The molecule has 0 heterocycles. The first-order valence-electron chi connectivity index (χ1n) is 8.86. The highest BCUT2D eigenvalue weighted by molar-refractivity contribution is 9.10. The fraction of sp³-hybridized carbons (Fsp3) is 0.429. The van der Waals surface area contributed by atoms with E-state index in [9.17, 15) is 0 Å². The molecule has 1 N–H and O–H groups in total. The predicted molar refractivity (Wildman–Crippen MR) is 106 cm³/mol. The first-order valence-corrected chi connectivity index (χ1v) is 9.66. The van der Waals surface area contributed by atoms with Crippen molar-refractivity contribution in [2.24, 2.45) is 0 Å². The van der Waals surface area contributed by atoms with Gasteiger partial charge in [-0.25, -0.2) is 0 Å². The van der Waals surface area contributed by atoms with Crippen LogP contribution in [0.5, 0.6) is 5.75 Å². The van der Waals surface area contributed by atoms with Crippen LogP contribution in [0.3, 0.4) is 0 Å². The van der Waals surface area contributed by atoms with Crippen LogP contribution >= 0.6 is 15.9 Å². The zero-order chi connectivity index (χ0) is 17.2. The van der Waals surface area contributed by atoms with Gasteiger partial charge in [-0.15, -0.1) is 0 Å². The molecule has 0 aliphatic rings. The minimum Gasteiger partial charge on any atom is -0.489 e. The van der Waals surface area contributed by atoms with Gasteiger partial charge in [0.2, 0.25) is 0 Å². The summed E-state index contributed by atoms with van der Waals surface area (Å²) in [5.74, 6) is 0.958. The van der Waals surface area contributed by atoms with E-state index in [0.29, 0.717) is 6.61 Å². The molecule has 130 valence electrons. The van der Waals surface area contributed by atoms with Gasteiger partial charge in [0.05, 0.1) is 0 Å². The summed E-state index contributed by atoms with van der Waals surface area (Å²) >= 11 is 3.56. The maximum atomic E-state index is 6.05. The van der Waals surface area contributed by atoms with Crippen LogP contribution in [0.25, 0.3) is 0 Å². The Morgan fingerprint density at radius 3 is 2.54 bits per heavy atom. The van der Waals surface area contributed by atoms with Gasteiger partial charge in [0.15, 0.2) is 0 Å². The second-order valence-corrected chi connectivity index (χ2v) is 7.18. The Hall–Kier alpha value is -1.32. The molecule has 0 unspecified atom stereocenters. The molecule has 0 fully saturated rings. The lowest BCUT2D eigenvalue weighted by atomic mass is 10.1.